The molecule has 0 atom stereocenters. The van der Waals surface area contributed by atoms with Crippen molar-refractivity contribution < 1.29 is 0 Å². The molecule has 0 bridgehead atoms. The molecule has 78 valence electrons. The number of nitrogens with two attached hydrogens (primary N) is 3. The number of nitrogens with one attached hydrogen (secondary N) is 1. The summed E-state index contributed by atoms with van der Waals surface area (Å²) in [5.41, 5.74) is 20.8. The third-order valence-electron chi connectivity index (χ3n) is 2.08. The second-order valence-electron chi connectivity index (χ2n) is 3.07. The van der Waals surface area contributed by atoms with Crippen LogP contribution in [0.1, 0.15) is 0 Å². The van der Waals surface area contributed by atoms with Gasteiger partial charge in [-0.1, -0.05) is 18.2 Å². The number of hydrazine groups is 1. The first-order chi connectivity index (χ1) is 7.20. The predicted octanol–water partition coefficient (Wildman–Crippen LogP) is -0.630. The van der Waals surface area contributed by atoms with Gasteiger partial charge in [0.15, 0.2) is 11.7 Å². The van der Waals surface area contributed by atoms with Crippen LogP contribution in [0.5, 0.6) is 0 Å². The lowest BCUT2D eigenvalue weighted by Crippen LogP contribution is -2.46. The van der Waals surface area contributed by atoms with Crippen molar-refractivity contribution in [3.63, 3.8) is 0 Å². The van der Waals surface area contributed by atoms with Crippen molar-refractivity contribution in [2.45, 2.75) is 0 Å². The van der Waals surface area contributed by atoms with E-state index in [0.29, 0.717) is 5.82 Å². The van der Waals surface area contributed by atoms with Crippen LogP contribution < -0.4 is 27.7 Å². The Morgan fingerprint density at radius 3 is 2.40 bits per heavy atom. The Morgan fingerprint density at radius 1 is 1.07 bits per heavy atom. The van der Waals surface area contributed by atoms with Gasteiger partial charge in [0, 0.05) is 0 Å². The molecule has 1 aromatic rings. The normalized spacial score (nSPS) is 16.0. The predicted molar refractivity (Wildman–Crippen MR) is 59.1 cm³/mol. The Kier molecular flexibility index (Phi) is 2.09. The van der Waals surface area contributed by atoms with E-state index in [2.05, 4.69) is 10.6 Å². The molecule has 0 amide bonds. The summed E-state index contributed by atoms with van der Waals surface area (Å²) in [4.78, 5) is 0. The fourth-order valence-corrected chi connectivity index (χ4v) is 1.24. The molecular formula is C9H12N6. The molecule has 15 heavy (non-hydrogen) atoms. The van der Waals surface area contributed by atoms with Crippen LogP contribution in [0.15, 0.2) is 47.0 Å². The van der Waals surface area contributed by atoms with Gasteiger partial charge < -0.3 is 17.2 Å². The third kappa shape index (κ3) is 1.52. The topological polar surface area (TPSA) is 106 Å². The third-order valence-corrected chi connectivity index (χ3v) is 2.08. The molecule has 1 heterocycles. The van der Waals surface area contributed by atoms with Crippen molar-refractivity contribution in [2.24, 2.45) is 22.3 Å². The summed E-state index contributed by atoms with van der Waals surface area (Å²) < 4.78 is 0. The molecule has 0 aliphatic carbocycles. The summed E-state index contributed by atoms with van der Waals surface area (Å²) in [7, 11) is 0. The Labute approximate surface area is 87.0 Å². The number of hydrazone groups is 1. The van der Waals surface area contributed by atoms with E-state index in [4.69, 9.17) is 17.2 Å². The SMILES string of the molecule is NC1=NNN(c2ccccc2)C(N)=C1N. The number of hydrogen-bond acceptors (Lipinski definition) is 6. The van der Waals surface area contributed by atoms with Crippen LogP contribution in [0.4, 0.5) is 5.69 Å². The molecule has 0 fully saturated rings. The van der Waals surface area contributed by atoms with Crippen LogP contribution in [0.2, 0.25) is 0 Å². The number of hydrogen-bond donors (Lipinski definition) is 4. The van der Waals surface area contributed by atoms with Crippen LogP contribution in [0.25, 0.3) is 0 Å². The van der Waals surface area contributed by atoms with E-state index in [0.717, 1.165) is 5.69 Å². The van der Waals surface area contributed by atoms with Crippen LogP contribution in [-0.2, 0) is 0 Å². The van der Waals surface area contributed by atoms with E-state index in [-0.39, 0.29) is 11.5 Å². The molecule has 2 rings (SSSR count). The number of para-hydroxylation sites is 1. The maximum atomic E-state index is 5.80. The summed E-state index contributed by atoms with van der Waals surface area (Å²) >= 11 is 0. The quantitative estimate of drug-likeness (QED) is 0.487. The largest absolute Gasteiger partial charge is 0.393 e. The van der Waals surface area contributed by atoms with E-state index in [1.165, 1.54) is 0 Å². The average molecular weight is 204 g/mol. The van der Waals surface area contributed by atoms with Crippen molar-refractivity contribution in [1.29, 1.82) is 0 Å². The van der Waals surface area contributed by atoms with Gasteiger partial charge in [-0.05, 0) is 12.1 Å². The molecule has 0 aromatic heterocycles. The van der Waals surface area contributed by atoms with Crippen molar-refractivity contribution in [3.8, 4) is 0 Å². The van der Waals surface area contributed by atoms with Crippen LogP contribution in [0, 0.1) is 0 Å². The van der Waals surface area contributed by atoms with Crippen LogP contribution in [-0.4, -0.2) is 5.84 Å². The van der Waals surface area contributed by atoms with Gasteiger partial charge in [0.25, 0.3) is 0 Å². The second kappa shape index (κ2) is 3.41. The van der Waals surface area contributed by atoms with Crippen molar-refractivity contribution >= 4 is 11.5 Å². The van der Waals surface area contributed by atoms with Crippen molar-refractivity contribution in [3.05, 3.63) is 41.8 Å². The average Bonchev–Trinajstić information content (AvgIpc) is 2.27. The Morgan fingerprint density at radius 2 is 1.73 bits per heavy atom. The summed E-state index contributed by atoms with van der Waals surface area (Å²) in [6.07, 6.45) is 0. The lowest BCUT2D eigenvalue weighted by atomic mass is 10.3. The molecule has 7 N–H and O–H groups in total. The first kappa shape index (κ1) is 9.20. The zero-order valence-corrected chi connectivity index (χ0v) is 8.01. The monoisotopic (exact) mass is 204 g/mol. The lowest BCUT2D eigenvalue weighted by molar-refractivity contribution is 0.697. The molecular weight excluding hydrogens is 192 g/mol. The van der Waals surface area contributed by atoms with Gasteiger partial charge in [0.1, 0.15) is 5.70 Å². The molecule has 1 aromatic carbocycles. The van der Waals surface area contributed by atoms with Crippen LogP contribution >= 0.6 is 0 Å². The van der Waals surface area contributed by atoms with Gasteiger partial charge >= 0.3 is 0 Å². The minimum absolute atomic E-state index is 0.194. The number of benzene rings is 1. The summed E-state index contributed by atoms with van der Waals surface area (Å²) in [5.74, 6) is 0.536. The molecule has 0 spiro atoms. The number of nitrogens with zero attached hydrogens (tertiary/aromatic N) is 2. The number of rotatable bonds is 1. The van der Waals surface area contributed by atoms with Gasteiger partial charge in [0.2, 0.25) is 0 Å². The van der Waals surface area contributed by atoms with Gasteiger partial charge in [-0.2, -0.15) is 0 Å². The smallest absolute Gasteiger partial charge is 0.172 e. The zero-order valence-electron chi connectivity index (χ0n) is 8.01. The zero-order chi connectivity index (χ0) is 10.8. The molecule has 0 radical (unpaired) electrons. The highest BCUT2D eigenvalue weighted by Crippen LogP contribution is 2.16. The van der Waals surface area contributed by atoms with E-state index in [1.807, 2.05) is 30.3 Å². The van der Waals surface area contributed by atoms with Gasteiger partial charge in [-0.15, -0.1) is 5.10 Å². The maximum absolute atomic E-state index is 5.80. The van der Waals surface area contributed by atoms with E-state index < -0.39 is 0 Å². The van der Waals surface area contributed by atoms with Crippen molar-refractivity contribution in [1.82, 2.24) is 5.53 Å². The summed E-state index contributed by atoms with van der Waals surface area (Å²) in [5, 5.41) is 5.39. The fourth-order valence-electron chi connectivity index (χ4n) is 1.24. The fraction of sp³-hybridized carbons (Fsp3) is 0. The van der Waals surface area contributed by atoms with Gasteiger partial charge in [-0.3, -0.25) is 0 Å². The maximum Gasteiger partial charge on any atom is 0.172 e. The highest BCUT2D eigenvalue weighted by molar-refractivity contribution is 5.97. The lowest BCUT2D eigenvalue weighted by Gasteiger charge is -2.27. The number of anilines is 1. The minimum atomic E-state index is 0.194. The first-order valence-corrected chi connectivity index (χ1v) is 4.39. The van der Waals surface area contributed by atoms with Gasteiger partial charge in [0.05, 0.1) is 5.69 Å². The van der Waals surface area contributed by atoms with Crippen LogP contribution in [0.3, 0.4) is 0 Å². The Bertz CT molecular complexity index is 421. The summed E-state index contributed by atoms with van der Waals surface area (Å²) in [6.45, 7) is 0. The van der Waals surface area contributed by atoms with Gasteiger partial charge in [-0.25, -0.2) is 10.5 Å². The highest BCUT2D eigenvalue weighted by Gasteiger charge is 2.18. The standard InChI is InChI=1S/C9H12N6/c10-7-8(11)13-14-15(9(7)12)6-4-2-1-3-5-6/h1-5,14H,10,12H2,(H2,11,13). The van der Waals surface area contributed by atoms with E-state index in [1.54, 1.807) is 5.01 Å². The Balaban J connectivity index is 2.36. The summed E-state index contributed by atoms with van der Waals surface area (Å²) in [6, 6.07) is 9.45. The first-order valence-electron chi connectivity index (χ1n) is 4.39. The molecule has 0 unspecified atom stereocenters. The molecule has 6 heteroatoms. The second-order valence-corrected chi connectivity index (χ2v) is 3.07. The molecule has 1 aliphatic rings. The van der Waals surface area contributed by atoms with Crippen molar-refractivity contribution in [2.75, 3.05) is 5.01 Å². The van der Waals surface area contributed by atoms with E-state index >= 15 is 0 Å². The van der Waals surface area contributed by atoms with E-state index in [9.17, 15) is 0 Å². The number of amidine groups is 1. The molecule has 0 saturated heterocycles. The molecule has 1 aliphatic heterocycles. The Hall–Kier alpha value is -2.37. The highest BCUT2D eigenvalue weighted by atomic mass is 15.7. The minimum Gasteiger partial charge on any atom is -0.393 e. The molecule has 6 nitrogen and oxygen atoms in total. The molecule has 0 saturated carbocycles.